The summed E-state index contributed by atoms with van der Waals surface area (Å²) >= 11 is 0. The molecule has 0 atom stereocenters. The van der Waals surface area contributed by atoms with Gasteiger partial charge in [-0.05, 0) is 30.3 Å². The molecule has 0 bridgehead atoms. The van der Waals surface area contributed by atoms with E-state index in [1.165, 1.54) is 24.3 Å². The van der Waals surface area contributed by atoms with Crippen LogP contribution in [0.25, 0.3) is 5.69 Å². The number of carbonyl (C=O) groups excluding carboxylic acids is 1. The molecule has 0 saturated heterocycles. The van der Waals surface area contributed by atoms with E-state index in [-0.39, 0.29) is 11.4 Å². The molecule has 1 amide bonds. The summed E-state index contributed by atoms with van der Waals surface area (Å²) < 4.78 is 40.0. The highest BCUT2D eigenvalue weighted by atomic mass is 19.4. The van der Waals surface area contributed by atoms with E-state index in [9.17, 15) is 22.8 Å². The van der Waals surface area contributed by atoms with Crippen LogP contribution in [-0.4, -0.2) is 15.7 Å². The highest BCUT2D eigenvalue weighted by molar-refractivity contribution is 5.92. The Hall–Kier alpha value is -3.62. The first-order chi connectivity index (χ1) is 12.9. The van der Waals surface area contributed by atoms with E-state index in [1.54, 1.807) is 30.3 Å². The fraction of sp³-hybridized carbons (Fsp3) is 0.0556. The van der Waals surface area contributed by atoms with Gasteiger partial charge in [-0.1, -0.05) is 30.3 Å². The van der Waals surface area contributed by atoms with E-state index in [0.717, 1.165) is 16.8 Å². The van der Waals surface area contributed by atoms with Crippen molar-refractivity contribution in [2.45, 2.75) is 6.18 Å². The highest BCUT2D eigenvalue weighted by Gasteiger charge is 2.33. The number of hydrogen-bond donors (Lipinski definition) is 2. The van der Waals surface area contributed by atoms with E-state index in [1.807, 2.05) is 0 Å². The summed E-state index contributed by atoms with van der Waals surface area (Å²) in [5.41, 5.74) is 3.03. The first kappa shape index (κ1) is 18.2. The minimum absolute atomic E-state index is 0.143. The molecular weight excluding hydrogens is 361 g/mol. The van der Waals surface area contributed by atoms with E-state index in [0.29, 0.717) is 5.69 Å². The first-order valence-corrected chi connectivity index (χ1v) is 7.74. The second-order valence-electron chi connectivity index (χ2n) is 5.43. The van der Waals surface area contributed by atoms with Gasteiger partial charge in [-0.15, -0.1) is 0 Å². The zero-order valence-electron chi connectivity index (χ0n) is 13.7. The lowest BCUT2D eigenvalue weighted by atomic mass is 10.2. The summed E-state index contributed by atoms with van der Waals surface area (Å²) in [7, 11) is 0. The van der Waals surface area contributed by atoms with Gasteiger partial charge in [0.1, 0.15) is 0 Å². The zero-order valence-corrected chi connectivity index (χ0v) is 13.7. The van der Waals surface area contributed by atoms with Crippen LogP contribution in [0, 0.1) is 0 Å². The Kier molecular flexibility index (Phi) is 4.93. The van der Waals surface area contributed by atoms with Crippen molar-refractivity contribution in [3.8, 4) is 5.69 Å². The Balaban J connectivity index is 1.82. The number of nitrogens with zero attached hydrogens (tertiary/aromatic N) is 2. The number of para-hydroxylation sites is 2. The average Bonchev–Trinajstić information content (AvgIpc) is 2.66. The topological polar surface area (TPSA) is 76.0 Å². The van der Waals surface area contributed by atoms with Gasteiger partial charge in [0.25, 0.3) is 11.5 Å². The summed E-state index contributed by atoms with van der Waals surface area (Å²) in [6.45, 7) is 0. The summed E-state index contributed by atoms with van der Waals surface area (Å²) in [6, 6.07) is 15.5. The summed E-state index contributed by atoms with van der Waals surface area (Å²) in [6.07, 6.45) is -4.58. The minimum atomic E-state index is -4.58. The van der Waals surface area contributed by atoms with Crippen LogP contribution >= 0.6 is 0 Å². The third-order valence-electron chi connectivity index (χ3n) is 3.58. The number of aromatic nitrogens is 2. The van der Waals surface area contributed by atoms with Gasteiger partial charge in [0.05, 0.1) is 16.9 Å². The quantitative estimate of drug-likeness (QED) is 0.689. The Morgan fingerprint density at radius 3 is 2.30 bits per heavy atom. The van der Waals surface area contributed by atoms with Gasteiger partial charge in [0, 0.05) is 6.07 Å². The van der Waals surface area contributed by atoms with Crippen LogP contribution in [0.1, 0.15) is 16.1 Å². The molecule has 2 aromatic carbocycles. The van der Waals surface area contributed by atoms with Gasteiger partial charge < -0.3 is 0 Å². The van der Waals surface area contributed by atoms with Crippen molar-refractivity contribution in [3.05, 3.63) is 88.3 Å². The fourth-order valence-corrected chi connectivity index (χ4v) is 2.31. The lowest BCUT2D eigenvalue weighted by Gasteiger charge is -2.15. The lowest BCUT2D eigenvalue weighted by molar-refractivity contribution is -0.137. The number of hydrogen-bond acceptors (Lipinski definition) is 4. The zero-order chi connectivity index (χ0) is 19.4. The largest absolute Gasteiger partial charge is 0.418 e. The smallest absolute Gasteiger partial charge is 0.298 e. The molecule has 0 aliphatic rings. The van der Waals surface area contributed by atoms with Crippen molar-refractivity contribution in [1.29, 1.82) is 0 Å². The van der Waals surface area contributed by atoms with Gasteiger partial charge in [0.15, 0.2) is 5.69 Å². The first-order valence-electron chi connectivity index (χ1n) is 7.74. The number of nitrogens with one attached hydrogen (secondary N) is 2. The number of benzene rings is 2. The number of amides is 1. The van der Waals surface area contributed by atoms with Crippen LogP contribution in [-0.2, 0) is 6.18 Å². The molecule has 2 N–H and O–H groups in total. The van der Waals surface area contributed by atoms with Crippen molar-refractivity contribution in [1.82, 2.24) is 15.2 Å². The average molecular weight is 374 g/mol. The summed E-state index contributed by atoms with van der Waals surface area (Å²) in [4.78, 5) is 24.2. The molecular formula is C18H13F3N4O2. The molecule has 1 aromatic heterocycles. The molecule has 0 spiro atoms. The maximum absolute atomic E-state index is 13.0. The number of hydrazine groups is 1. The van der Waals surface area contributed by atoms with Crippen molar-refractivity contribution >= 4 is 11.6 Å². The lowest BCUT2D eigenvalue weighted by Crippen LogP contribution is -2.33. The predicted molar refractivity (Wildman–Crippen MR) is 92.4 cm³/mol. The number of alkyl halides is 3. The third kappa shape index (κ3) is 4.14. The molecule has 0 unspecified atom stereocenters. The molecule has 138 valence electrons. The van der Waals surface area contributed by atoms with Crippen LogP contribution < -0.4 is 16.4 Å². The van der Waals surface area contributed by atoms with Gasteiger partial charge in [0.2, 0.25) is 0 Å². The molecule has 0 fully saturated rings. The molecule has 0 aliphatic carbocycles. The Bertz CT molecular complexity index is 1020. The molecule has 1 heterocycles. The summed E-state index contributed by atoms with van der Waals surface area (Å²) in [5.74, 6) is -0.795. The van der Waals surface area contributed by atoms with E-state index >= 15 is 0 Å². The number of halogens is 3. The minimum Gasteiger partial charge on any atom is -0.298 e. The van der Waals surface area contributed by atoms with Crippen LogP contribution in [0.3, 0.4) is 0 Å². The van der Waals surface area contributed by atoms with Gasteiger partial charge in [-0.2, -0.15) is 23.0 Å². The SMILES string of the molecule is O=C(NNc1ccccc1C(F)(F)F)c1ccc(=O)n(-c2ccccc2)n1. The van der Waals surface area contributed by atoms with Crippen molar-refractivity contribution < 1.29 is 18.0 Å². The maximum atomic E-state index is 13.0. The Labute approximate surface area is 151 Å². The second-order valence-corrected chi connectivity index (χ2v) is 5.43. The van der Waals surface area contributed by atoms with Crippen LogP contribution in [0.4, 0.5) is 18.9 Å². The summed E-state index contributed by atoms with van der Waals surface area (Å²) in [5, 5.41) is 3.96. The standard InChI is InChI=1S/C18H13F3N4O2/c19-18(20,21)13-8-4-5-9-14(13)22-23-17(27)15-10-11-16(26)25(24-15)12-6-2-1-3-7-12/h1-11,22H,(H,23,27). The van der Waals surface area contributed by atoms with Crippen LogP contribution in [0.2, 0.25) is 0 Å². The molecule has 9 heteroatoms. The normalized spacial score (nSPS) is 11.1. The Morgan fingerprint density at radius 2 is 1.59 bits per heavy atom. The second kappa shape index (κ2) is 7.32. The van der Waals surface area contributed by atoms with E-state index in [2.05, 4.69) is 16.0 Å². The molecule has 3 rings (SSSR count). The van der Waals surface area contributed by atoms with E-state index < -0.39 is 23.2 Å². The van der Waals surface area contributed by atoms with E-state index in [4.69, 9.17) is 0 Å². The molecule has 0 aliphatic heterocycles. The maximum Gasteiger partial charge on any atom is 0.418 e. The number of carbonyl (C=O) groups is 1. The van der Waals surface area contributed by atoms with Gasteiger partial charge in [-0.25, -0.2) is 0 Å². The molecule has 0 radical (unpaired) electrons. The highest BCUT2D eigenvalue weighted by Crippen LogP contribution is 2.34. The number of anilines is 1. The Morgan fingerprint density at radius 1 is 0.926 bits per heavy atom. The molecule has 27 heavy (non-hydrogen) atoms. The van der Waals surface area contributed by atoms with Crippen molar-refractivity contribution in [2.75, 3.05) is 5.43 Å². The predicted octanol–water partition coefficient (Wildman–Crippen LogP) is 3.01. The van der Waals surface area contributed by atoms with Crippen LogP contribution in [0.15, 0.2) is 71.5 Å². The van der Waals surface area contributed by atoms with Crippen molar-refractivity contribution in [2.24, 2.45) is 0 Å². The molecule has 0 saturated carbocycles. The van der Waals surface area contributed by atoms with Gasteiger partial charge in [-0.3, -0.25) is 20.4 Å². The van der Waals surface area contributed by atoms with Crippen molar-refractivity contribution in [3.63, 3.8) is 0 Å². The third-order valence-corrected chi connectivity index (χ3v) is 3.58. The fourth-order valence-electron chi connectivity index (χ4n) is 2.31. The molecule has 3 aromatic rings. The van der Waals surface area contributed by atoms with Crippen LogP contribution in [0.5, 0.6) is 0 Å². The molecule has 6 nitrogen and oxygen atoms in total. The van der Waals surface area contributed by atoms with Gasteiger partial charge >= 0.3 is 6.18 Å². The number of rotatable bonds is 4. The monoisotopic (exact) mass is 374 g/mol.